The van der Waals surface area contributed by atoms with Gasteiger partial charge in [0.1, 0.15) is 22.5 Å². The van der Waals surface area contributed by atoms with Gasteiger partial charge in [-0.15, -0.1) is 0 Å². The zero-order valence-electron chi connectivity index (χ0n) is 16.9. The molecule has 2 aromatic rings. The number of carbonyl (C=O) groups excluding carboxylic acids is 2. The van der Waals surface area contributed by atoms with Crippen molar-refractivity contribution in [3.63, 3.8) is 0 Å². The van der Waals surface area contributed by atoms with Gasteiger partial charge < -0.3 is 14.4 Å². The molecule has 2 aliphatic heterocycles. The number of likely N-dealkylation sites (tertiary alicyclic amines) is 1. The van der Waals surface area contributed by atoms with Crippen molar-refractivity contribution in [3.05, 3.63) is 33.1 Å². The molecule has 0 saturated carbocycles. The first-order valence-electron chi connectivity index (χ1n) is 9.66. The monoisotopic (exact) mass is 498 g/mol. The molecule has 0 atom stereocenters. The number of ether oxygens (including phenoxy) is 2. The molecular formula is C21H21BrClFN2O4. The number of Topliss-reactive ketones (excluding diaryl/α,β-unsaturated/α-hetero) is 1. The van der Waals surface area contributed by atoms with E-state index in [4.69, 9.17) is 21.1 Å². The van der Waals surface area contributed by atoms with Crippen LogP contribution in [0, 0.1) is 5.82 Å². The van der Waals surface area contributed by atoms with Crippen LogP contribution in [0.1, 0.15) is 50.4 Å². The van der Waals surface area contributed by atoms with Crippen molar-refractivity contribution in [2.45, 2.75) is 51.2 Å². The van der Waals surface area contributed by atoms with E-state index in [9.17, 15) is 14.0 Å². The molecule has 0 radical (unpaired) electrons. The van der Waals surface area contributed by atoms with Gasteiger partial charge in [0.2, 0.25) is 0 Å². The standard InChI is InChI=1S/C21H21BrClFN2O4/c1-20(2,3)30-19(28)26-6-4-21(5-7-26)9-14(27)12-10-25-17-11(18(12)29-21)8-13(23)15(22)16(17)24/h8,10H,4-7,9H2,1-3H3. The van der Waals surface area contributed by atoms with Crippen LogP contribution in [0.3, 0.4) is 0 Å². The second kappa shape index (κ2) is 7.34. The highest BCUT2D eigenvalue weighted by molar-refractivity contribution is 9.10. The molecule has 0 N–H and O–H groups in total. The summed E-state index contributed by atoms with van der Waals surface area (Å²) in [4.78, 5) is 31.0. The summed E-state index contributed by atoms with van der Waals surface area (Å²) in [7, 11) is 0. The molecule has 1 fully saturated rings. The van der Waals surface area contributed by atoms with E-state index in [-0.39, 0.29) is 33.3 Å². The number of amides is 1. The molecule has 1 spiro atoms. The number of halogens is 3. The average molecular weight is 500 g/mol. The van der Waals surface area contributed by atoms with Gasteiger partial charge in [-0.05, 0) is 42.8 Å². The Hall–Kier alpha value is -1.93. The van der Waals surface area contributed by atoms with Gasteiger partial charge in [0.15, 0.2) is 11.6 Å². The lowest BCUT2D eigenvalue weighted by Crippen LogP contribution is -2.53. The molecular weight excluding hydrogens is 479 g/mol. The van der Waals surface area contributed by atoms with Gasteiger partial charge in [-0.1, -0.05) is 11.6 Å². The van der Waals surface area contributed by atoms with Crippen LogP contribution < -0.4 is 4.74 Å². The number of piperidine rings is 1. The molecule has 0 unspecified atom stereocenters. The number of hydrogen-bond acceptors (Lipinski definition) is 5. The van der Waals surface area contributed by atoms with Crippen LogP contribution in [0.5, 0.6) is 5.75 Å². The van der Waals surface area contributed by atoms with Crippen molar-refractivity contribution in [3.8, 4) is 5.75 Å². The van der Waals surface area contributed by atoms with E-state index in [2.05, 4.69) is 20.9 Å². The summed E-state index contributed by atoms with van der Waals surface area (Å²) in [5.41, 5.74) is -0.930. The maximum atomic E-state index is 14.6. The number of fused-ring (bicyclic) bond motifs is 3. The van der Waals surface area contributed by atoms with Gasteiger partial charge in [-0.3, -0.25) is 9.78 Å². The number of rotatable bonds is 0. The summed E-state index contributed by atoms with van der Waals surface area (Å²) >= 11 is 9.26. The van der Waals surface area contributed by atoms with Gasteiger partial charge in [0.25, 0.3) is 0 Å². The Morgan fingerprint density at radius 1 is 1.37 bits per heavy atom. The minimum atomic E-state index is -0.757. The number of benzene rings is 1. The first-order chi connectivity index (χ1) is 14.0. The largest absolute Gasteiger partial charge is 0.485 e. The van der Waals surface area contributed by atoms with Gasteiger partial charge in [0, 0.05) is 37.5 Å². The Kier molecular flexibility index (Phi) is 5.21. The SMILES string of the molecule is CC(C)(C)OC(=O)N1CCC2(CC1)CC(=O)c1cnc3c(F)c(Br)c(Cl)cc3c1O2. The molecule has 6 nitrogen and oxygen atoms in total. The Balaban J connectivity index is 1.64. The average Bonchev–Trinajstić information content (AvgIpc) is 2.65. The maximum Gasteiger partial charge on any atom is 0.410 e. The highest BCUT2D eigenvalue weighted by Crippen LogP contribution is 2.44. The van der Waals surface area contributed by atoms with Crippen molar-refractivity contribution in [1.29, 1.82) is 0 Å². The molecule has 160 valence electrons. The van der Waals surface area contributed by atoms with Crippen molar-refractivity contribution in [2.24, 2.45) is 0 Å². The van der Waals surface area contributed by atoms with Crippen molar-refractivity contribution >= 4 is 50.3 Å². The molecule has 30 heavy (non-hydrogen) atoms. The van der Waals surface area contributed by atoms with E-state index in [1.54, 1.807) is 11.0 Å². The predicted octanol–water partition coefficient (Wildman–Crippen LogP) is 5.52. The van der Waals surface area contributed by atoms with Crippen LogP contribution in [0.15, 0.2) is 16.7 Å². The summed E-state index contributed by atoms with van der Waals surface area (Å²) < 4.78 is 26.5. The maximum absolute atomic E-state index is 14.6. The molecule has 4 rings (SSSR count). The van der Waals surface area contributed by atoms with Crippen molar-refractivity contribution in [1.82, 2.24) is 9.88 Å². The molecule has 0 bridgehead atoms. The number of pyridine rings is 1. The highest BCUT2D eigenvalue weighted by atomic mass is 79.9. The third kappa shape index (κ3) is 3.75. The van der Waals surface area contributed by atoms with E-state index in [1.807, 2.05) is 20.8 Å². The van der Waals surface area contributed by atoms with Crippen LogP contribution in [-0.4, -0.2) is 46.1 Å². The van der Waals surface area contributed by atoms with E-state index >= 15 is 0 Å². The molecule has 1 aromatic carbocycles. The zero-order valence-corrected chi connectivity index (χ0v) is 19.2. The van der Waals surface area contributed by atoms with E-state index < -0.39 is 17.0 Å². The summed E-state index contributed by atoms with van der Waals surface area (Å²) in [5.74, 6) is -0.415. The number of aromatic nitrogens is 1. The molecule has 0 aliphatic carbocycles. The highest BCUT2D eigenvalue weighted by Gasteiger charge is 2.45. The van der Waals surface area contributed by atoms with Crippen LogP contribution in [-0.2, 0) is 4.74 Å². The van der Waals surface area contributed by atoms with Gasteiger partial charge in [-0.2, -0.15) is 0 Å². The predicted molar refractivity (Wildman–Crippen MR) is 114 cm³/mol. The quantitative estimate of drug-likeness (QED) is 0.446. The smallest absolute Gasteiger partial charge is 0.410 e. The third-order valence-corrected chi connectivity index (χ3v) is 6.68. The second-order valence-corrected chi connectivity index (χ2v) is 9.94. The van der Waals surface area contributed by atoms with Crippen LogP contribution >= 0.6 is 27.5 Å². The second-order valence-electron chi connectivity index (χ2n) is 8.74. The lowest BCUT2D eigenvalue weighted by atomic mass is 9.82. The van der Waals surface area contributed by atoms with Gasteiger partial charge in [0.05, 0.1) is 21.5 Å². The Labute approximate surface area is 186 Å². The Morgan fingerprint density at radius 3 is 2.67 bits per heavy atom. The lowest BCUT2D eigenvalue weighted by molar-refractivity contribution is -0.0219. The van der Waals surface area contributed by atoms with Crippen molar-refractivity contribution in [2.75, 3.05) is 13.1 Å². The number of ketones is 1. The molecule has 1 saturated heterocycles. The van der Waals surface area contributed by atoms with Crippen LogP contribution in [0.4, 0.5) is 9.18 Å². The molecule has 3 heterocycles. The summed E-state index contributed by atoms with van der Waals surface area (Å²) in [6.07, 6.45) is 2.09. The minimum Gasteiger partial charge on any atom is -0.485 e. The van der Waals surface area contributed by atoms with Gasteiger partial charge >= 0.3 is 6.09 Å². The van der Waals surface area contributed by atoms with Crippen LogP contribution in [0.25, 0.3) is 10.9 Å². The summed E-state index contributed by atoms with van der Waals surface area (Å²) in [6.45, 7) is 6.26. The van der Waals surface area contributed by atoms with Crippen molar-refractivity contribution < 1.29 is 23.5 Å². The van der Waals surface area contributed by atoms with Gasteiger partial charge in [-0.25, -0.2) is 9.18 Å². The Morgan fingerprint density at radius 2 is 2.03 bits per heavy atom. The van der Waals surface area contributed by atoms with E-state index in [0.717, 1.165) is 0 Å². The molecule has 1 amide bonds. The fraction of sp³-hybridized carbons (Fsp3) is 0.476. The molecule has 2 aliphatic rings. The first kappa shape index (κ1) is 21.3. The normalized spacial score (nSPS) is 18.3. The topological polar surface area (TPSA) is 68.7 Å². The zero-order chi connectivity index (χ0) is 21.8. The van der Waals surface area contributed by atoms with E-state index in [0.29, 0.717) is 42.6 Å². The fourth-order valence-corrected chi connectivity index (χ4v) is 4.36. The molecule has 1 aromatic heterocycles. The molecule has 9 heteroatoms. The van der Waals surface area contributed by atoms with E-state index in [1.165, 1.54) is 6.20 Å². The Bertz CT molecular complexity index is 1060. The summed E-state index contributed by atoms with van der Waals surface area (Å²) in [5, 5.41) is 0.533. The third-order valence-electron chi connectivity index (χ3n) is 5.38. The first-order valence-corrected chi connectivity index (χ1v) is 10.8. The number of hydrogen-bond donors (Lipinski definition) is 0. The number of nitrogens with zero attached hydrogens (tertiary/aromatic N) is 2. The fourth-order valence-electron chi connectivity index (χ4n) is 3.87. The minimum absolute atomic E-state index is 0.0843. The summed E-state index contributed by atoms with van der Waals surface area (Å²) in [6, 6.07) is 1.55. The number of carbonyl (C=O) groups is 2. The lowest BCUT2D eigenvalue weighted by Gasteiger charge is -2.44. The van der Waals surface area contributed by atoms with Crippen LogP contribution in [0.2, 0.25) is 5.02 Å².